The van der Waals surface area contributed by atoms with E-state index in [1.165, 1.54) is 19.3 Å². The van der Waals surface area contributed by atoms with Gasteiger partial charge in [-0.05, 0) is 52.4 Å². The van der Waals surface area contributed by atoms with Crippen molar-refractivity contribution in [2.75, 3.05) is 19.6 Å². The monoisotopic (exact) mass is 310 g/mol. The van der Waals surface area contributed by atoms with Gasteiger partial charge in [0.25, 0.3) is 0 Å². The highest BCUT2D eigenvalue weighted by Crippen LogP contribution is 2.28. The molecule has 0 radical (unpaired) electrons. The zero-order valence-corrected chi connectivity index (χ0v) is 14.1. The maximum atomic E-state index is 12.2. The average Bonchev–Trinajstić information content (AvgIpc) is 3.14. The predicted octanol–water partition coefficient (Wildman–Crippen LogP) is 2.09. The van der Waals surface area contributed by atoms with E-state index in [0.717, 1.165) is 19.4 Å². The van der Waals surface area contributed by atoms with Gasteiger partial charge in [-0.15, -0.1) is 0 Å². The SMILES string of the molecule is CC(C)(C)OC(=O)N(CCNC(N)=NCC1CCC1)C1CC1. The molecule has 2 aliphatic rings. The van der Waals surface area contributed by atoms with E-state index in [4.69, 9.17) is 10.5 Å². The van der Waals surface area contributed by atoms with Crippen LogP contribution in [0.25, 0.3) is 0 Å². The second-order valence-corrected chi connectivity index (χ2v) is 7.35. The summed E-state index contributed by atoms with van der Waals surface area (Å²) in [5.41, 5.74) is 5.40. The fraction of sp³-hybridized carbons (Fsp3) is 0.875. The largest absolute Gasteiger partial charge is 0.444 e. The van der Waals surface area contributed by atoms with Crippen LogP contribution < -0.4 is 11.1 Å². The number of carbonyl (C=O) groups excluding carboxylic acids is 1. The van der Waals surface area contributed by atoms with Gasteiger partial charge in [0, 0.05) is 25.7 Å². The van der Waals surface area contributed by atoms with E-state index in [1.807, 2.05) is 20.8 Å². The minimum atomic E-state index is -0.457. The third-order valence-corrected chi connectivity index (χ3v) is 4.02. The van der Waals surface area contributed by atoms with Crippen LogP contribution in [0.15, 0.2) is 4.99 Å². The molecular weight excluding hydrogens is 280 g/mol. The number of nitrogens with one attached hydrogen (secondary N) is 1. The van der Waals surface area contributed by atoms with E-state index in [0.29, 0.717) is 31.0 Å². The summed E-state index contributed by atoms with van der Waals surface area (Å²) >= 11 is 0. The lowest BCUT2D eigenvalue weighted by molar-refractivity contribution is 0.0238. The highest BCUT2D eigenvalue weighted by atomic mass is 16.6. The molecule has 6 nitrogen and oxygen atoms in total. The molecule has 1 amide bonds. The minimum Gasteiger partial charge on any atom is -0.444 e. The molecule has 0 heterocycles. The number of nitrogens with zero attached hydrogens (tertiary/aromatic N) is 2. The first kappa shape index (κ1) is 16.9. The molecule has 2 saturated carbocycles. The van der Waals surface area contributed by atoms with Crippen molar-refractivity contribution in [1.82, 2.24) is 10.2 Å². The van der Waals surface area contributed by atoms with Gasteiger partial charge in [-0.3, -0.25) is 4.99 Å². The normalized spacial score (nSPS) is 19.5. The number of aliphatic imine (C=N–C) groups is 1. The van der Waals surface area contributed by atoms with Crippen LogP contribution in [0.4, 0.5) is 4.79 Å². The zero-order valence-electron chi connectivity index (χ0n) is 14.1. The van der Waals surface area contributed by atoms with Crippen LogP contribution in [-0.2, 0) is 4.74 Å². The number of carbonyl (C=O) groups is 1. The molecule has 126 valence electrons. The van der Waals surface area contributed by atoms with E-state index in [1.54, 1.807) is 4.90 Å². The summed E-state index contributed by atoms with van der Waals surface area (Å²) in [7, 11) is 0. The molecule has 6 heteroatoms. The Hall–Kier alpha value is -1.46. The number of hydrogen-bond acceptors (Lipinski definition) is 3. The van der Waals surface area contributed by atoms with E-state index in [-0.39, 0.29) is 6.09 Å². The van der Waals surface area contributed by atoms with Gasteiger partial charge in [-0.1, -0.05) is 6.42 Å². The molecule has 2 rings (SSSR count). The number of rotatable bonds is 6. The predicted molar refractivity (Wildman–Crippen MR) is 87.8 cm³/mol. The van der Waals surface area contributed by atoms with Crippen molar-refractivity contribution in [2.45, 2.75) is 64.5 Å². The van der Waals surface area contributed by atoms with Gasteiger partial charge in [0.1, 0.15) is 5.60 Å². The molecule has 0 unspecified atom stereocenters. The first-order chi connectivity index (χ1) is 10.3. The first-order valence-electron chi connectivity index (χ1n) is 8.38. The van der Waals surface area contributed by atoms with Crippen LogP contribution in [0.2, 0.25) is 0 Å². The molecule has 22 heavy (non-hydrogen) atoms. The standard InChI is InChI=1S/C16H30N4O2/c1-16(2,3)22-15(21)20(13-7-8-13)10-9-18-14(17)19-11-12-5-4-6-12/h12-13H,4-11H2,1-3H3,(H3,17,18,19). The smallest absolute Gasteiger partial charge is 0.410 e. The van der Waals surface area contributed by atoms with Crippen LogP contribution in [0.1, 0.15) is 52.9 Å². The summed E-state index contributed by atoms with van der Waals surface area (Å²) in [6, 6.07) is 0.324. The van der Waals surface area contributed by atoms with Gasteiger partial charge in [-0.25, -0.2) is 4.79 Å². The maximum absolute atomic E-state index is 12.2. The summed E-state index contributed by atoms with van der Waals surface area (Å²) in [4.78, 5) is 18.4. The van der Waals surface area contributed by atoms with Gasteiger partial charge in [0.15, 0.2) is 5.96 Å². The van der Waals surface area contributed by atoms with Crippen LogP contribution >= 0.6 is 0 Å². The Morgan fingerprint density at radius 1 is 1.32 bits per heavy atom. The van der Waals surface area contributed by atoms with Gasteiger partial charge in [-0.2, -0.15) is 0 Å². The zero-order chi connectivity index (χ0) is 16.2. The van der Waals surface area contributed by atoms with Crippen LogP contribution in [0.3, 0.4) is 0 Å². The third kappa shape index (κ3) is 5.73. The van der Waals surface area contributed by atoms with E-state index >= 15 is 0 Å². The summed E-state index contributed by atoms with van der Waals surface area (Å²) in [6.45, 7) is 7.68. The quantitative estimate of drug-likeness (QED) is 0.581. The molecule has 2 aliphatic carbocycles. The van der Waals surface area contributed by atoms with Crippen molar-refractivity contribution in [2.24, 2.45) is 16.6 Å². The Kier molecular flexibility index (Phi) is 5.53. The molecule has 0 aliphatic heterocycles. The lowest BCUT2D eigenvalue weighted by Crippen LogP contribution is -2.44. The van der Waals surface area contributed by atoms with Gasteiger partial charge < -0.3 is 20.7 Å². The van der Waals surface area contributed by atoms with Crippen molar-refractivity contribution in [3.63, 3.8) is 0 Å². The highest BCUT2D eigenvalue weighted by molar-refractivity contribution is 5.77. The van der Waals surface area contributed by atoms with Crippen molar-refractivity contribution >= 4 is 12.1 Å². The van der Waals surface area contributed by atoms with E-state index in [2.05, 4.69) is 10.3 Å². The van der Waals surface area contributed by atoms with Crippen molar-refractivity contribution < 1.29 is 9.53 Å². The number of hydrogen-bond donors (Lipinski definition) is 2. The second kappa shape index (κ2) is 7.20. The van der Waals surface area contributed by atoms with Gasteiger partial charge in [0.2, 0.25) is 0 Å². The number of amides is 1. The van der Waals surface area contributed by atoms with Crippen molar-refractivity contribution in [1.29, 1.82) is 0 Å². The average molecular weight is 310 g/mol. The van der Waals surface area contributed by atoms with Crippen molar-refractivity contribution in [3.8, 4) is 0 Å². The Bertz CT molecular complexity index is 409. The van der Waals surface area contributed by atoms with Crippen molar-refractivity contribution in [3.05, 3.63) is 0 Å². The molecular formula is C16H30N4O2. The minimum absolute atomic E-state index is 0.234. The summed E-state index contributed by atoms with van der Waals surface area (Å²) in [5, 5.41) is 3.10. The van der Waals surface area contributed by atoms with Crippen LogP contribution in [-0.4, -0.2) is 48.2 Å². The van der Waals surface area contributed by atoms with Crippen LogP contribution in [0, 0.1) is 5.92 Å². The summed E-state index contributed by atoms with van der Waals surface area (Å²) in [5.74, 6) is 1.19. The number of guanidine groups is 1. The molecule has 0 atom stereocenters. The Morgan fingerprint density at radius 2 is 2.00 bits per heavy atom. The lowest BCUT2D eigenvalue weighted by Gasteiger charge is -2.27. The molecule has 3 N–H and O–H groups in total. The highest BCUT2D eigenvalue weighted by Gasteiger charge is 2.34. The molecule has 0 aromatic rings. The Labute approximate surface area is 133 Å². The molecule has 0 aromatic heterocycles. The van der Waals surface area contributed by atoms with Gasteiger partial charge in [0.05, 0.1) is 0 Å². The topological polar surface area (TPSA) is 80.0 Å². The van der Waals surface area contributed by atoms with Gasteiger partial charge >= 0.3 is 6.09 Å². The number of ether oxygens (including phenoxy) is 1. The Balaban J connectivity index is 1.71. The Morgan fingerprint density at radius 3 is 2.50 bits per heavy atom. The second-order valence-electron chi connectivity index (χ2n) is 7.35. The molecule has 0 bridgehead atoms. The summed E-state index contributed by atoms with van der Waals surface area (Å²) in [6.07, 6.45) is 5.74. The number of nitrogens with two attached hydrogens (primary N) is 1. The molecule has 0 spiro atoms. The van der Waals surface area contributed by atoms with E-state index < -0.39 is 5.60 Å². The lowest BCUT2D eigenvalue weighted by atomic mass is 9.86. The van der Waals surface area contributed by atoms with Crippen LogP contribution in [0.5, 0.6) is 0 Å². The fourth-order valence-corrected chi connectivity index (χ4v) is 2.39. The molecule has 0 aromatic carbocycles. The molecule has 0 saturated heterocycles. The summed E-state index contributed by atoms with van der Waals surface area (Å²) < 4.78 is 5.46. The third-order valence-electron chi connectivity index (χ3n) is 4.02. The molecule has 2 fully saturated rings. The van der Waals surface area contributed by atoms with E-state index in [9.17, 15) is 4.79 Å². The first-order valence-corrected chi connectivity index (χ1v) is 8.38. The fourth-order valence-electron chi connectivity index (χ4n) is 2.39. The maximum Gasteiger partial charge on any atom is 0.410 e.